The lowest BCUT2D eigenvalue weighted by atomic mass is 10.2. The Hall–Kier alpha value is -1.50. The summed E-state index contributed by atoms with van der Waals surface area (Å²) < 4.78 is 20.7. The minimum atomic E-state index is -2.66. The standard InChI is InChI=1S/C6H6N2O4S/c9-6(10)5-4(2-13(11)12)1-7-3-8-5/h1,3,13H,2H2,(H,9,10). The second kappa shape index (κ2) is 3.94. The van der Waals surface area contributed by atoms with Gasteiger partial charge in [0.2, 0.25) is 0 Å². The molecule has 1 N–H and O–H groups in total. The first-order valence-electron chi connectivity index (χ1n) is 3.25. The summed E-state index contributed by atoms with van der Waals surface area (Å²) in [4.78, 5) is 17.5. The van der Waals surface area contributed by atoms with Crippen molar-refractivity contribution in [3.05, 3.63) is 23.8 Å². The van der Waals surface area contributed by atoms with E-state index in [1.165, 1.54) is 6.20 Å². The van der Waals surface area contributed by atoms with Gasteiger partial charge in [-0.25, -0.2) is 23.2 Å². The minimum Gasteiger partial charge on any atom is -0.476 e. The Kier molecular flexibility index (Phi) is 2.91. The fraction of sp³-hybridized carbons (Fsp3) is 0.167. The van der Waals surface area contributed by atoms with Gasteiger partial charge in [0, 0.05) is 11.8 Å². The number of aromatic nitrogens is 2. The van der Waals surface area contributed by atoms with Crippen LogP contribution < -0.4 is 0 Å². The first kappa shape index (κ1) is 9.59. The molecular weight excluding hydrogens is 196 g/mol. The highest BCUT2D eigenvalue weighted by Crippen LogP contribution is 2.04. The van der Waals surface area contributed by atoms with Crippen LogP contribution in [0.15, 0.2) is 12.5 Å². The van der Waals surface area contributed by atoms with E-state index in [0.717, 1.165) is 6.33 Å². The van der Waals surface area contributed by atoms with Gasteiger partial charge >= 0.3 is 5.97 Å². The molecular formula is C6H6N2O4S. The first-order valence-corrected chi connectivity index (χ1v) is 4.61. The highest BCUT2D eigenvalue weighted by molar-refractivity contribution is 7.71. The zero-order chi connectivity index (χ0) is 9.84. The van der Waals surface area contributed by atoms with E-state index >= 15 is 0 Å². The monoisotopic (exact) mass is 202 g/mol. The van der Waals surface area contributed by atoms with E-state index in [9.17, 15) is 13.2 Å². The molecule has 0 aliphatic rings. The number of carboxylic acids is 1. The molecule has 0 spiro atoms. The van der Waals surface area contributed by atoms with E-state index in [2.05, 4.69) is 9.97 Å². The van der Waals surface area contributed by atoms with Gasteiger partial charge in [-0.05, 0) is 0 Å². The topological polar surface area (TPSA) is 97.2 Å². The van der Waals surface area contributed by atoms with Gasteiger partial charge in [0.1, 0.15) is 17.0 Å². The van der Waals surface area contributed by atoms with Gasteiger partial charge in [0.25, 0.3) is 0 Å². The van der Waals surface area contributed by atoms with Crippen LogP contribution in [0, 0.1) is 0 Å². The molecule has 0 saturated heterocycles. The van der Waals surface area contributed by atoms with E-state index in [1.807, 2.05) is 0 Å². The van der Waals surface area contributed by atoms with Crippen LogP contribution in [-0.2, 0) is 16.5 Å². The van der Waals surface area contributed by atoms with E-state index in [1.54, 1.807) is 0 Å². The number of aromatic carboxylic acids is 1. The number of carbonyl (C=O) groups is 1. The molecule has 1 rings (SSSR count). The van der Waals surface area contributed by atoms with Crippen molar-refractivity contribution in [1.29, 1.82) is 0 Å². The fourth-order valence-electron chi connectivity index (χ4n) is 0.806. The Labute approximate surface area is 75.2 Å². The molecule has 0 aliphatic heterocycles. The van der Waals surface area contributed by atoms with Crippen molar-refractivity contribution in [2.75, 3.05) is 0 Å². The molecule has 0 bridgehead atoms. The van der Waals surface area contributed by atoms with Crippen molar-refractivity contribution in [3.63, 3.8) is 0 Å². The predicted octanol–water partition coefficient (Wildman–Crippen LogP) is -0.714. The third kappa shape index (κ3) is 2.48. The second-order valence-electron chi connectivity index (χ2n) is 2.19. The Morgan fingerprint density at radius 2 is 2.23 bits per heavy atom. The predicted molar refractivity (Wildman–Crippen MR) is 43.0 cm³/mol. The number of hydrogen-bond acceptors (Lipinski definition) is 5. The summed E-state index contributed by atoms with van der Waals surface area (Å²) in [5.41, 5.74) is -0.166. The molecule has 1 aromatic heterocycles. The molecule has 0 aromatic carbocycles. The van der Waals surface area contributed by atoms with Crippen molar-refractivity contribution in [2.24, 2.45) is 0 Å². The molecule has 1 aromatic rings. The molecule has 7 heteroatoms. The average molecular weight is 202 g/mol. The Balaban J connectivity index is 3.11. The smallest absolute Gasteiger partial charge is 0.354 e. The largest absolute Gasteiger partial charge is 0.476 e. The highest BCUT2D eigenvalue weighted by atomic mass is 32.2. The van der Waals surface area contributed by atoms with Gasteiger partial charge in [-0.15, -0.1) is 0 Å². The maximum absolute atomic E-state index is 10.5. The van der Waals surface area contributed by atoms with Crippen LogP contribution in [0.3, 0.4) is 0 Å². The molecule has 0 radical (unpaired) electrons. The molecule has 1 heterocycles. The molecule has 70 valence electrons. The molecule has 6 nitrogen and oxygen atoms in total. The van der Waals surface area contributed by atoms with Gasteiger partial charge in [-0.2, -0.15) is 0 Å². The maximum Gasteiger partial charge on any atom is 0.354 e. The van der Waals surface area contributed by atoms with Crippen LogP contribution in [0.4, 0.5) is 0 Å². The first-order chi connectivity index (χ1) is 6.11. The van der Waals surface area contributed by atoms with E-state index in [0.29, 0.717) is 0 Å². The van der Waals surface area contributed by atoms with Gasteiger partial charge in [0.05, 0.1) is 5.75 Å². The van der Waals surface area contributed by atoms with E-state index < -0.39 is 16.7 Å². The molecule has 13 heavy (non-hydrogen) atoms. The average Bonchev–Trinajstić information content (AvgIpc) is 2.03. The molecule has 0 amide bonds. The lowest BCUT2D eigenvalue weighted by Gasteiger charge is -1.98. The summed E-state index contributed by atoms with van der Waals surface area (Å²) in [6, 6.07) is 0. The number of hydrogen-bond donors (Lipinski definition) is 2. The molecule has 0 aliphatic carbocycles. The van der Waals surface area contributed by atoms with Crippen LogP contribution in [-0.4, -0.2) is 29.5 Å². The van der Waals surface area contributed by atoms with Crippen LogP contribution in [0.5, 0.6) is 0 Å². The summed E-state index contributed by atoms with van der Waals surface area (Å²) in [5.74, 6) is -1.60. The summed E-state index contributed by atoms with van der Waals surface area (Å²) in [6.07, 6.45) is 2.24. The lowest BCUT2D eigenvalue weighted by molar-refractivity contribution is 0.0689. The Bertz CT molecular complexity index is 393. The summed E-state index contributed by atoms with van der Waals surface area (Å²) in [6.45, 7) is 0. The Morgan fingerprint density at radius 1 is 1.54 bits per heavy atom. The van der Waals surface area contributed by atoms with Crippen molar-refractivity contribution in [1.82, 2.24) is 9.97 Å². The van der Waals surface area contributed by atoms with Crippen LogP contribution in [0.1, 0.15) is 16.1 Å². The molecule has 0 atom stereocenters. The van der Waals surface area contributed by atoms with Gasteiger partial charge in [-0.3, -0.25) is 0 Å². The summed E-state index contributed by atoms with van der Waals surface area (Å²) in [7, 11) is -2.66. The van der Waals surface area contributed by atoms with E-state index in [4.69, 9.17) is 5.11 Å². The number of nitrogens with zero attached hydrogens (tertiary/aromatic N) is 2. The van der Waals surface area contributed by atoms with Crippen molar-refractivity contribution in [3.8, 4) is 0 Å². The van der Waals surface area contributed by atoms with E-state index in [-0.39, 0.29) is 17.0 Å². The molecule has 0 unspecified atom stereocenters. The molecule has 0 fully saturated rings. The fourth-order valence-corrected chi connectivity index (χ4v) is 1.32. The van der Waals surface area contributed by atoms with Gasteiger partial charge in [-0.1, -0.05) is 0 Å². The minimum absolute atomic E-state index is 0.103. The third-order valence-corrected chi connectivity index (χ3v) is 1.89. The lowest BCUT2D eigenvalue weighted by Crippen LogP contribution is -2.06. The highest BCUT2D eigenvalue weighted by Gasteiger charge is 2.11. The molecule has 0 saturated carbocycles. The normalized spacial score (nSPS) is 10.2. The van der Waals surface area contributed by atoms with Crippen molar-refractivity contribution >= 4 is 16.7 Å². The van der Waals surface area contributed by atoms with Crippen molar-refractivity contribution in [2.45, 2.75) is 5.75 Å². The van der Waals surface area contributed by atoms with Crippen LogP contribution >= 0.6 is 0 Å². The number of carboxylic acid groups (broad SMARTS) is 1. The summed E-state index contributed by atoms with van der Waals surface area (Å²) >= 11 is 0. The van der Waals surface area contributed by atoms with Crippen LogP contribution in [0.2, 0.25) is 0 Å². The SMILES string of the molecule is O=C(O)c1ncncc1C[SH](=O)=O. The second-order valence-corrected chi connectivity index (χ2v) is 3.17. The van der Waals surface area contributed by atoms with Crippen molar-refractivity contribution < 1.29 is 18.3 Å². The quantitative estimate of drug-likeness (QED) is 0.628. The zero-order valence-corrected chi connectivity index (χ0v) is 7.27. The van der Waals surface area contributed by atoms with Crippen LogP contribution in [0.25, 0.3) is 0 Å². The zero-order valence-electron chi connectivity index (χ0n) is 6.38. The third-order valence-electron chi connectivity index (χ3n) is 1.29. The number of thiol groups is 1. The summed E-state index contributed by atoms with van der Waals surface area (Å²) in [5, 5.41) is 8.59. The van der Waals surface area contributed by atoms with Gasteiger partial charge in [0.15, 0.2) is 5.69 Å². The van der Waals surface area contributed by atoms with Gasteiger partial charge < -0.3 is 5.11 Å². The number of rotatable bonds is 3. The maximum atomic E-state index is 10.5. The Morgan fingerprint density at radius 3 is 2.77 bits per heavy atom.